The first kappa shape index (κ1) is 13.6. The maximum absolute atomic E-state index is 12.1. The number of aromatic nitrogens is 2. The summed E-state index contributed by atoms with van der Waals surface area (Å²) in [5.41, 5.74) is 1.29. The molecule has 0 atom stereocenters. The maximum Gasteiger partial charge on any atom is 0.278 e. The van der Waals surface area contributed by atoms with E-state index in [0.29, 0.717) is 18.9 Å². The Bertz CT molecular complexity index is 623. The Morgan fingerprint density at radius 2 is 2.11 bits per heavy atom. The number of nitrogens with one attached hydrogen (secondary N) is 2. The average Bonchev–Trinajstić information content (AvgIpc) is 2.92. The molecule has 102 valence electrons. The molecule has 0 aliphatic carbocycles. The maximum atomic E-state index is 12.1. The minimum absolute atomic E-state index is 0.0266. The highest BCUT2D eigenvalue weighted by Gasteiger charge is 2.16. The van der Waals surface area contributed by atoms with Crippen molar-refractivity contribution in [3.63, 3.8) is 0 Å². The fourth-order valence-corrected chi connectivity index (χ4v) is 2.56. The molecule has 1 heterocycles. The molecule has 2 rings (SSSR count). The van der Waals surface area contributed by atoms with Crippen molar-refractivity contribution < 1.29 is 13.2 Å². The number of aromatic amines is 1. The molecular formula is C12H15N3O3S. The molecule has 0 unspecified atom stereocenters. The number of rotatable bonds is 6. The first-order chi connectivity index (χ1) is 9.13. The molecule has 0 spiro atoms. The first-order valence-corrected chi connectivity index (χ1v) is 7.29. The Kier molecular flexibility index (Phi) is 4.18. The summed E-state index contributed by atoms with van der Waals surface area (Å²) in [5.74, 6) is 0. The van der Waals surface area contributed by atoms with Crippen LogP contribution in [0.2, 0.25) is 0 Å². The zero-order valence-electron chi connectivity index (χ0n) is 10.5. The molecule has 0 bridgehead atoms. The molecule has 0 aliphatic rings. The van der Waals surface area contributed by atoms with Crippen LogP contribution in [0.3, 0.4) is 0 Å². The van der Waals surface area contributed by atoms with Crippen LogP contribution < -0.4 is 4.72 Å². The Labute approximate surface area is 111 Å². The van der Waals surface area contributed by atoms with E-state index in [1.807, 2.05) is 19.1 Å². The van der Waals surface area contributed by atoms with Crippen molar-refractivity contribution >= 4 is 15.7 Å². The molecule has 19 heavy (non-hydrogen) atoms. The van der Waals surface area contributed by atoms with Gasteiger partial charge >= 0.3 is 0 Å². The summed E-state index contributed by atoms with van der Waals surface area (Å²) < 4.78 is 32.0. The number of H-pyrrole nitrogens is 1. The second-order valence-electron chi connectivity index (χ2n) is 3.82. The van der Waals surface area contributed by atoms with E-state index in [1.54, 1.807) is 12.1 Å². The molecule has 0 fully saturated rings. The van der Waals surface area contributed by atoms with Crippen molar-refractivity contribution in [2.45, 2.75) is 18.6 Å². The van der Waals surface area contributed by atoms with Gasteiger partial charge in [0.05, 0.1) is 18.5 Å². The highest BCUT2D eigenvalue weighted by atomic mass is 32.2. The molecule has 2 aromatic rings. The summed E-state index contributed by atoms with van der Waals surface area (Å²) in [5, 5.41) is 6.09. The summed E-state index contributed by atoms with van der Waals surface area (Å²) in [7, 11) is -3.64. The fourth-order valence-electron chi connectivity index (χ4n) is 1.55. The Balaban J connectivity index is 2.24. The van der Waals surface area contributed by atoms with Gasteiger partial charge in [-0.05, 0) is 19.1 Å². The molecule has 0 saturated carbocycles. The summed E-state index contributed by atoms with van der Waals surface area (Å²) in [6.45, 7) is 2.82. The van der Waals surface area contributed by atoms with Gasteiger partial charge in [0.25, 0.3) is 10.0 Å². The average molecular weight is 281 g/mol. The van der Waals surface area contributed by atoms with E-state index in [-0.39, 0.29) is 5.03 Å². The van der Waals surface area contributed by atoms with Gasteiger partial charge in [-0.2, -0.15) is 13.5 Å². The van der Waals surface area contributed by atoms with Crippen molar-refractivity contribution in [3.8, 4) is 0 Å². The zero-order valence-corrected chi connectivity index (χ0v) is 11.3. The van der Waals surface area contributed by atoms with Gasteiger partial charge in [0.1, 0.15) is 0 Å². The van der Waals surface area contributed by atoms with Crippen LogP contribution in [0, 0.1) is 0 Å². The van der Waals surface area contributed by atoms with E-state index >= 15 is 0 Å². The number of hydrogen-bond acceptors (Lipinski definition) is 4. The van der Waals surface area contributed by atoms with Crippen molar-refractivity contribution in [2.75, 3.05) is 11.3 Å². The lowest BCUT2D eigenvalue weighted by molar-refractivity contribution is 0.134. The minimum Gasteiger partial charge on any atom is -0.377 e. The van der Waals surface area contributed by atoms with Crippen LogP contribution in [0.4, 0.5) is 5.69 Å². The van der Waals surface area contributed by atoms with Crippen LogP contribution in [0.5, 0.6) is 0 Å². The van der Waals surface area contributed by atoms with Gasteiger partial charge in [0, 0.05) is 12.2 Å². The van der Waals surface area contributed by atoms with Crippen LogP contribution in [0.15, 0.2) is 41.6 Å². The van der Waals surface area contributed by atoms with Gasteiger partial charge in [-0.25, -0.2) is 0 Å². The lowest BCUT2D eigenvalue weighted by Gasteiger charge is -2.11. The van der Waals surface area contributed by atoms with Gasteiger partial charge in [0.15, 0.2) is 5.03 Å². The number of para-hydroxylation sites is 1. The van der Waals surface area contributed by atoms with E-state index in [0.717, 1.165) is 5.56 Å². The number of sulfonamides is 1. The van der Waals surface area contributed by atoms with Crippen molar-refractivity contribution in [2.24, 2.45) is 0 Å². The third-order valence-electron chi connectivity index (χ3n) is 2.49. The van der Waals surface area contributed by atoms with E-state index in [4.69, 9.17) is 4.74 Å². The third-order valence-corrected chi connectivity index (χ3v) is 3.78. The van der Waals surface area contributed by atoms with Crippen molar-refractivity contribution in [1.29, 1.82) is 0 Å². The lowest BCUT2D eigenvalue weighted by atomic mass is 10.2. The van der Waals surface area contributed by atoms with Crippen LogP contribution >= 0.6 is 0 Å². The van der Waals surface area contributed by atoms with E-state index in [9.17, 15) is 8.42 Å². The molecule has 0 amide bonds. The largest absolute Gasteiger partial charge is 0.377 e. The molecule has 1 aromatic heterocycles. The third kappa shape index (κ3) is 3.33. The van der Waals surface area contributed by atoms with E-state index < -0.39 is 10.0 Å². The quantitative estimate of drug-likeness (QED) is 0.844. The topological polar surface area (TPSA) is 84.1 Å². The molecule has 6 nitrogen and oxygen atoms in total. The Hall–Kier alpha value is -1.86. The molecule has 0 saturated heterocycles. The molecular weight excluding hydrogens is 266 g/mol. The number of nitrogens with zero attached hydrogens (tertiary/aromatic N) is 1. The summed E-state index contributed by atoms with van der Waals surface area (Å²) in [6.07, 6.45) is 1.39. The summed E-state index contributed by atoms with van der Waals surface area (Å²) in [4.78, 5) is 0. The van der Waals surface area contributed by atoms with Crippen molar-refractivity contribution in [3.05, 3.63) is 42.1 Å². The smallest absolute Gasteiger partial charge is 0.278 e. The number of anilines is 1. The normalized spacial score (nSPS) is 11.4. The monoisotopic (exact) mass is 281 g/mol. The van der Waals surface area contributed by atoms with Gasteiger partial charge < -0.3 is 4.74 Å². The first-order valence-electron chi connectivity index (χ1n) is 5.81. The Morgan fingerprint density at radius 1 is 1.32 bits per heavy atom. The van der Waals surface area contributed by atoms with E-state index in [2.05, 4.69) is 14.9 Å². The minimum atomic E-state index is -3.64. The Morgan fingerprint density at radius 3 is 2.79 bits per heavy atom. The molecule has 0 radical (unpaired) electrons. The van der Waals surface area contributed by atoms with Gasteiger partial charge in [-0.15, -0.1) is 0 Å². The molecule has 2 N–H and O–H groups in total. The van der Waals surface area contributed by atoms with Crippen LogP contribution in [0.25, 0.3) is 0 Å². The predicted molar refractivity (Wildman–Crippen MR) is 71.2 cm³/mol. The van der Waals surface area contributed by atoms with Crippen LogP contribution in [0.1, 0.15) is 12.5 Å². The highest BCUT2D eigenvalue weighted by Crippen LogP contribution is 2.19. The van der Waals surface area contributed by atoms with Crippen LogP contribution in [-0.4, -0.2) is 25.2 Å². The second kappa shape index (κ2) is 5.85. The SMILES string of the molecule is CCOCc1ccccc1NS(=O)(=O)c1ccn[nH]1. The standard InChI is InChI=1S/C12H15N3O3S/c1-2-18-9-10-5-3-4-6-11(10)15-19(16,17)12-7-8-13-14-12/h3-8,15H,2,9H2,1H3,(H,13,14). The van der Waals surface area contributed by atoms with E-state index in [1.165, 1.54) is 12.3 Å². The molecule has 1 aromatic carbocycles. The van der Waals surface area contributed by atoms with Crippen molar-refractivity contribution in [1.82, 2.24) is 10.2 Å². The molecule has 7 heteroatoms. The predicted octanol–water partition coefficient (Wildman–Crippen LogP) is 1.75. The molecule has 0 aliphatic heterocycles. The zero-order chi connectivity index (χ0) is 13.7. The second-order valence-corrected chi connectivity index (χ2v) is 5.47. The summed E-state index contributed by atoms with van der Waals surface area (Å²) in [6, 6.07) is 8.51. The van der Waals surface area contributed by atoms with Gasteiger partial charge in [-0.1, -0.05) is 18.2 Å². The summed E-state index contributed by atoms with van der Waals surface area (Å²) >= 11 is 0. The number of benzene rings is 1. The van der Waals surface area contributed by atoms with Crippen LogP contribution in [-0.2, 0) is 21.4 Å². The number of hydrogen-bond donors (Lipinski definition) is 2. The highest BCUT2D eigenvalue weighted by molar-refractivity contribution is 7.92. The fraction of sp³-hybridized carbons (Fsp3) is 0.250. The number of ether oxygens (including phenoxy) is 1. The van der Waals surface area contributed by atoms with Gasteiger partial charge in [0.2, 0.25) is 0 Å². The van der Waals surface area contributed by atoms with Gasteiger partial charge in [-0.3, -0.25) is 9.82 Å². The lowest BCUT2D eigenvalue weighted by Crippen LogP contribution is -2.15.